The molecule has 0 radical (unpaired) electrons. The summed E-state index contributed by atoms with van der Waals surface area (Å²) in [4.78, 5) is 20.1. The quantitative estimate of drug-likeness (QED) is 0.680. The van der Waals surface area contributed by atoms with Gasteiger partial charge in [-0.15, -0.1) is 0 Å². The largest absolute Gasteiger partial charge is 0.295 e. The van der Waals surface area contributed by atoms with Crippen LogP contribution in [-0.4, -0.2) is 14.5 Å². The van der Waals surface area contributed by atoms with Crippen LogP contribution in [0.1, 0.15) is 11.1 Å². The van der Waals surface area contributed by atoms with Gasteiger partial charge < -0.3 is 0 Å². The van der Waals surface area contributed by atoms with Crippen LogP contribution in [0.5, 0.6) is 0 Å². The zero-order valence-corrected chi connectivity index (χ0v) is 11.6. The highest BCUT2D eigenvalue weighted by molar-refractivity contribution is 6.30. The Bertz CT molecular complexity index is 842. The predicted octanol–water partition coefficient (Wildman–Crippen LogP) is 2.80. The molecule has 5 heteroatoms. The van der Waals surface area contributed by atoms with Crippen molar-refractivity contribution in [3.05, 3.63) is 69.5 Å². The van der Waals surface area contributed by atoms with Crippen LogP contribution >= 0.6 is 11.6 Å². The van der Waals surface area contributed by atoms with E-state index in [9.17, 15) is 4.79 Å². The molecule has 100 valence electrons. The van der Waals surface area contributed by atoms with Crippen LogP contribution in [-0.2, 0) is 6.54 Å². The van der Waals surface area contributed by atoms with Crippen LogP contribution in [0.25, 0.3) is 10.9 Å². The van der Waals surface area contributed by atoms with Gasteiger partial charge in [0.15, 0.2) is 0 Å². The molecular formula is C15H12ClN3O. The maximum absolute atomic E-state index is 11.7. The van der Waals surface area contributed by atoms with E-state index in [1.54, 1.807) is 0 Å². The molecule has 1 aromatic carbocycles. The monoisotopic (exact) mass is 285 g/mol. The van der Waals surface area contributed by atoms with Crippen molar-refractivity contribution in [3.63, 3.8) is 0 Å². The molecule has 0 aliphatic heterocycles. The first-order chi connectivity index (χ1) is 9.65. The first-order valence-electron chi connectivity index (χ1n) is 6.20. The smallest absolute Gasteiger partial charge is 0.253 e. The van der Waals surface area contributed by atoms with Gasteiger partial charge in [0, 0.05) is 23.2 Å². The van der Waals surface area contributed by atoms with Crippen molar-refractivity contribution in [2.75, 3.05) is 0 Å². The number of hydrogen-bond donors (Lipinski definition) is 0. The van der Waals surface area contributed by atoms with Crippen molar-refractivity contribution in [1.29, 1.82) is 0 Å². The molecule has 0 bridgehead atoms. The number of halogens is 1. The second kappa shape index (κ2) is 5.06. The number of fused-ring (bicyclic) bond motifs is 1. The average Bonchev–Trinajstić information content (AvgIpc) is 2.43. The second-order valence-corrected chi connectivity index (χ2v) is 4.99. The summed E-state index contributed by atoms with van der Waals surface area (Å²) in [6.45, 7) is 2.36. The molecule has 0 amide bonds. The molecule has 3 rings (SSSR count). The molecule has 0 saturated carbocycles. The third-order valence-electron chi connectivity index (χ3n) is 3.21. The van der Waals surface area contributed by atoms with Crippen molar-refractivity contribution in [3.8, 4) is 0 Å². The van der Waals surface area contributed by atoms with E-state index in [1.807, 2.05) is 31.2 Å². The minimum atomic E-state index is -0.111. The Labute approximate surface area is 120 Å². The molecule has 2 aromatic heterocycles. The Kier molecular flexibility index (Phi) is 3.24. The lowest BCUT2D eigenvalue weighted by Gasteiger charge is -2.09. The fourth-order valence-corrected chi connectivity index (χ4v) is 2.36. The van der Waals surface area contributed by atoms with Crippen molar-refractivity contribution in [2.45, 2.75) is 13.5 Å². The lowest BCUT2D eigenvalue weighted by Crippen LogP contribution is -2.19. The van der Waals surface area contributed by atoms with Gasteiger partial charge in [0.05, 0.1) is 18.4 Å². The normalized spacial score (nSPS) is 10.9. The van der Waals surface area contributed by atoms with E-state index in [0.717, 1.165) is 22.0 Å². The summed E-state index contributed by atoms with van der Waals surface area (Å²) in [5, 5.41) is 1.43. The summed E-state index contributed by atoms with van der Waals surface area (Å²) in [7, 11) is 0. The highest BCUT2D eigenvalue weighted by Crippen LogP contribution is 2.23. The summed E-state index contributed by atoms with van der Waals surface area (Å²) < 4.78 is 1.50. The average molecular weight is 286 g/mol. The zero-order valence-electron chi connectivity index (χ0n) is 10.9. The SMILES string of the molecule is Cc1cccc2cc(Cn3cnccc3=O)c(Cl)nc12. The third kappa shape index (κ3) is 2.30. The molecule has 0 aliphatic rings. The van der Waals surface area contributed by atoms with Crippen molar-refractivity contribution in [1.82, 2.24) is 14.5 Å². The first-order valence-corrected chi connectivity index (χ1v) is 6.58. The lowest BCUT2D eigenvalue weighted by atomic mass is 10.1. The van der Waals surface area contributed by atoms with Crippen LogP contribution in [0.2, 0.25) is 5.15 Å². The van der Waals surface area contributed by atoms with Gasteiger partial charge in [-0.1, -0.05) is 29.8 Å². The molecular weight excluding hydrogens is 274 g/mol. The molecule has 2 heterocycles. The molecule has 0 N–H and O–H groups in total. The van der Waals surface area contributed by atoms with E-state index >= 15 is 0 Å². The van der Waals surface area contributed by atoms with Crippen molar-refractivity contribution >= 4 is 22.5 Å². The summed E-state index contributed by atoms with van der Waals surface area (Å²) in [5.41, 5.74) is 2.66. The molecule has 0 spiro atoms. The minimum Gasteiger partial charge on any atom is -0.295 e. The Morgan fingerprint density at radius 2 is 2.15 bits per heavy atom. The van der Waals surface area contributed by atoms with Crippen LogP contribution < -0.4 is 5.56 Å². The maximum atomic E-state index is 11.7. The van der Waals surface area contributed by atoms with Crippen molar-refractivity contribution < 1.29 is 0 Å². The molecule has 0 saturated heterocycles. The van der Waals surface area contributed by atoms with Crippen LogP contribution in [0.4, 0.5) is 0 Å². The highest BCUT2D eigenvalue weighted by Gasteiger charge is 2.08. The molecule has 0 atom stereocenters. The molecule has 4 nitrogen and oxygen atoms in total. The molecule has 0 unspecified atom stereocenters. The lowest BCUT2D eigenvalue weighted by molar-refractivity contribution is 0.734. The van der Waals surface area contributed by atoms with Gasteiger partial charge >= 0.3 is 0 Å². The summed E-state index contributed by atoms with van der Waals surface area (Å²) >= 11 is 6.23. The van der Waals surface area contributed by atoms with Gasteiger partial charge in [0.25, 0.3) is 5.56 Å². The number of rotatable bonds is 2. The van der Waals surface area contributed by atoms with Gasteiger partial charge in [0.1, 0.15) is 5.15 Å². The fourth-order valence-electron chi connectivity index (χ4n) is 2.16. The molecule has 20 heavy (non-hydrogen) atoms. The number of nitrogens with zero attached hydrogens (tertiary/aromatic N) is 3. The zero-order chi connectivity index (χ0) is 14.1. The van der Waals surface area contributed by atoms with E-state index in [4.69, 9.17) is 11.6 Å². The number of aromatic nitrogens is 3. The van der Waals surface area contributed by atoms with Crippen LogP contribution in [0, 0.1) is 6.92 Å². The first kappa shape index (κ1) is 12.8. The van der Waals surface area contributed by atoms with E-state index in [2.05, 4.69) is 9.97 Å². The third-order valence-corrected chi connectivity index (χ3v) is 3.53. The molecule has 3 aromatic rings. The van der Waals surface area contributed by atoms with E-state index in [-0.39, 0.29) is 5.56 Å². The Morgan fingerprint density at radius 3 is 2.95 bits per heavy atom. The summed E-state index contributed by atoms with van der Waals surface area (Å²) in [5.74, 6) is 0. The van der Waals surface area contributed by atoms with E-state index < -0.39 is 0 Å². The van der Waals surface area contributed by atoms with E-state index in [1.165, 1.54) is 23.2 Å². The highest BCUT2D eigenvalue weighted by atomic mass is 35.5. The number of para-hydroxylation sites is 1. The van der Waals surface area contributed by atoms with Gasteiger partial charge in [-0.05, 0) is 18.6 Å². The van der Waals surface area contributed by atoms with Crippen LogP contribution in [0.3, 0.4) is 0 Å². The van der Waals surface area contributed by atoms with Gasteiger partial charge in [0.2, 0.25) is 0 Å². The Hall–Kier alpha value is -2.20. The summed E-state index contributed by atoms with van der Waals surface area (Å²) in [6.07, 6.45) is 2.97. The second-order valence-electron chi connectivity index (χ2n) is 4.63. The van der Waals surface area contributed by atoms with Crippen molar-refractivity contribution in [2.24, 2.45) is 0 Å². The standard InChI is InChI=1S/C15H12ClN3O/c1-10-3-2-4-11-7-12(15(16)18-14(10)11)8-19-9-17-6-5-13(19)20/h2-7,9H,8H2,1H3. The number of hydrogen-bond acceptors (Lipinski definition) is 3. The minimum absolute atomic E-state index is 0.111. The topological polar surface area (TPSA) is 47.8 Å². The van der Waals surface area contributed by atoms with Gasteiger partial charge in [-0.2, -0.15) is 0 Å². The molecule has 0 aliphatic carbocycles. The summed E-state index contributed by atoms with van der Waals surface area (Å²) in [6, 6.07) is 9.36. The predicted molar refractivity (Wildman–Crippen MR) is 79.1 cm³/mol. The van der Waals surface area contributed by atoms with Gasteiger partial charge in [-0.3, -0.25) is 9.36 Å². The Morgan fingerprint density at radius 1 is 1.30 bits per heavy atom. The van der Waals surface area contributed by atoms with E-state index in [0.29, 0.717) is 11.7 Å². The van der Waals surface area contributed by atoms with Gasteiger partial charge in [-0.25, -0.2) is 9.97 Å². The fraction of sp³-hybridized carbons (Fsp3) is 0.133. The molecule has 0 fully saturated rings. The Balaban J connectivity index is 2.11. The van der Waals surface area contributed by atoms with Crippen LogP contribution in [0.15, 0.2) is 47.7 Å². The number of benzene rings is 1. The number of pyridine rings is 1. The number of aryl methyl sites for hydroxylation is 1. The maximum Gasteiger partial charge on any atom is 0.253 e.